The lowest BCUT2D eigenvalue weighted by atomic mass is 10.1. The monoisotopic (exact) mass is 347 g/mol. The van der Waals surface area contributed by atoms with Crippen molar-refractivity contribution in [1.82, 2.24) is 9.55 Å². The van der Waals surface area contributed by atoms with Crippen LogP contribution < -0.4 is 11.0 Å². The third kappa shape index (κ3) is 3.88. The van der Waals surface area contributed by atoms with Crippen LogP contribution in [0.15, 0.2) is 47.4 Å². The number of benzene rings is 1. The van der Waals surface area contributed by atoms with Gasteiger partial charge in [-0.15, -0.1) is 0 Å². The molecule has 1 saturated heterocycles. The fraction of sp³-hybridized carbons (Fsp3) is 0.412. The van der Waals surface area contributed by atoms with Gasteiger partial charge >= 0.3 is 5.69 Å². The molecule has 0 aliphatic carbocycles. The molecule has 2 aromatic rings. The van der Waals surface area contributed by atoms with Crippen molar-refractivity contribution in [1.29, 1.82) is 0 Å². The van der Waals surface area contributed by atoms with E-state index in [0.29, 0.717) is 12.4 Å². The molecule has 2 heterocycles. The van der Waals surface area contributed by atoms with E-state index in [1.54, 1.807) is 6.07 Å². The summed E-state index contributed by atoms with van der Waals surface area (Å²) < 4.78 is 6.44. The van der Waals surface area contributed by atoms with E-state index in [2.05, 4.69) is 10.3 Å². The minimum Gasteiger partial charge on any atom is -0.394 e. The van der Waals surface area contributed by atoms with Gasteiger partial charge in [-0.1, -0.05) is 30.3 Å². The highest BCUT2D eigenvalue weighted by molar-refractivity contribution is 5.32. The summed E-state index contributed by atoms with van der Waals surface area (Å²) in [6, 6.07) is 11.5. The van der Waals surface area contributed by atoms with Gasteiger partial charge in [0.05, 0.1) is 6.61 Å². The Morgan fingerprint density at radius 3 is 2.56 bits per heavy atom. The van der Waals surface area contributed by atoms with Crippen molar-refractivity contribution in [2.75, 3.05) is 18.5 Å². The maximum atomic E-state index is 12.2. The second kappa shape index (κ2) is 7.75. The topological polar surface area (TPSA) is 117 Å². The van der Waals surface area contributed by atoms with Crippen LogP contribution in [0.1, 0.15) is 11.8 Å². The fourth-order valence-electron chi connectivity index (χ4n) is 2.79. The SMILES string of the molecule is O=c1nc(NCCc2ccccc2)ccn1[C@H]1O[C@@H](CO)[C@H](O)[C@H]1O. The van der Waals surface area contributed by atoms with Crippen LogP contribution in [0.3, 0.4) is 0 Å². The molecule has 25 heavy (non-hydrogen) atoms. The molecule has 8 nitrogen and oxygen atoms in total. The first-order valence-corrected chi connectivity index (χ1v) is 8.09. The van der Waals surface area contributed by atoms with Crippen LogP contribution in [0, 0.1) is 0 Å². The molecule has 1 aromatic carbocycles. The third-order valence-corrected chi connectivity index (χ3v) is 4.18. The summed E-state index contributed by atoms with van der Waals surface area (Å²) in [5.74, 6) is 0.420. The highest BCUT2D eigenvalue weighted by Gasteiger charge is 2.43. The summed E-state index contributed by atoms with van der Waals surface area (Å²) in [4.78, 5) is 16.1. The van der Waals surface area contributed by atoms with Crippen molar-refractivity contribution in [3.8, 4) is 0 Å². The van der Waals surface area contributed by atoms with E-state index in [1.165, 1.54) is 11.8 Å². The van der Waals surface area contributed by atoms with Crippen LogP contribution in [-0.2, 0) is 11.2 Å². The second-order valence-corrected chi connectivity index (χ2v) is 5.89. The Balaban J connectivity index is 1.64. The van der Waals surface area contributed by atoms with E-state index in [9.17, 15) is 15.0 Å². The lowest BCUT2D eigenvalue weighted by Crippen LogP contribution is -2.36. The van der Waals surface area contributed by atoms with Crippen molar-refractivity contribution >= 4 is 5.82 Å². The first kappa shape index (κ1) is 17.6. The molecule has 0 bridgehead atoms. The number of hydrogen-bond donors (Lipinski definition) is 4. The van der Waals surface area contributed by atoms with Crippen LogP contribution in [0.2, 0.25) is 0 Å². The average Bonchev–Trinajstić information content (AvgIpc) is 2.91. The molecule has 1 fully saturated rings. The smallest absolute Gasteiger partial charge is 0.351 e. The first-order valence-electron chi connectivity index (χ1n) is 8.09. The van der Waals surface area contributed by atoms with Gasteiger partial charge in [-0.05, 0) is 18.1 Å². The van der Waals surface area contributed by atoms with Crippen LogP contribution in [0.4, 0.5) is 5.82 Å². The predicted molar refractivity (Wildman–Crippen MR) is 90.1 cm³/mol. The van der Waals surface area contributed by atoms with Crippen molar-refractivity contribution in [3.63, 3.8) is 0 Å². The predicted octanol–water partition coefficient (Wildman–Crippen LogP) is -0.491. The first-order chi connectivity index (χ1) is 12.1. The van der Waals surface area contributed by atoms with Crippen molar-refractivity contribution in [2.24, 2.45) is 0 Å². The molecule has 1 aromatic heterocycles. The Bertz CT molecular complexity index is 751. The number of aromatic nitrogens is 2. The van der Waals surface area contributed by atoms with Gasteiger partial charge in [0, 0.05) is 12.7 Å². The number of aliphatic hydroxyl groups is 3. The molecule has 0 spiro atoms. The number of hydrogen-bond acceptors (Lipinski definition) is 7. The number of rotatable bonds is 6. The van der Waals surface area contributed by atoms with Gasteiger partial charge < -0.3 is 25.4 Å². The number of ether oxygens (including phenoxy) is 1. The molecule has 0 saturated carbocycles. The van der Waals surface area contributed by atoms with E-state index in [-0.39, 0.29) is 0 Å². The van der Waals surface area contributed by atoms with Crippen LogP contribution in [0.5, 0.6) is 0 Å². The van der Waals surface area contributed by atoms with Crippen molar-refractivity contribution < 1.29 is 20.1 Å². The van der Waals surface area contributed by atoms with Crippen LogP contribution >= 0.6 is 0 Å². The van der Waals surface area contributed by atoms with E-state index in [0.717, 1.165) is 11.0 Å². The fourth-order valence-corrected chi connectivity index (χ4v) is 2.79. The number of nitrogens with one attached hydrogen (secondary N) is 1. The van der Waals surface area contributed by atoms with Gasteiger partial charge in [0.25, 0.3) is 0 Å². The molecule has 0 radical (unpaired) electrons. The molecule has 4 atom stereocenters. The van der Waals surface area contributed by atoms with Crippen molar-refractivity contribution in [2.45, 2.75) is 31.0 Å². The molecule has 0 unspecified atom stereocenters. The Morgan fingerprint density at radius 1 is 1.16 bits per heavy atom. The molecule has 3 rings (SSSR count). The molecular formula is C17H21N3O5. The number of anilines is 1. The minimum absolute atomic E-state index is 0.420. The van der Waals surface area contributed by atoms with Gasteiger partial charge in [-0.25, -0.2) is 4.79 Å². The van der Waals surface area contributed by atoms with Crippen LogP contribution in [-0.4, -0.2) is 56.3 Å². The number of aliphatic hydroxyl groups excluding tert-OH is 3. The maximum Gasteiger partial charge on any atom is 0.351 e. The number of nitrogens with zero attached hydrogens (tertiary/aromatic N) is 2. The lowest BCUT2D eigenvalue weighted by Gasteiger charge is -2.17. The van der Waals surface area contributed by atoms with Gasteiger partial charge in [0.1, 0.15) is 24.1 Å². The zero-order valence-electron chi connectivity index (χ0n) is 13.5. The van der Waals surface area contributed by atoms with Gasteiger partial charge in [-0.2, -0.15) is 4.98 Å². The Hall–Kier alpha value is -2.26. The molecular weight excluding hydrogens is 326 g/mol. The van der Waals surface area contributed by atoms with E-state index < -0.39 is 36.8 Å². The van der Waals surface area contributed by atoms with Gasteiger partial charge in [-0.3, -0.25) is 4.57 Å². The summed E-state index contributed by atoms with van der Waals surface area (Å²) in [7, 11) is 0. The van der Waals surface area contributed by atoms with E-state index in [4.69, 9.17) is 9.84 Å². The molecule has 1 aliphatic heterocycles. The molecule has 0 amide bonds. The maximum absolute atomic E-state index is 12.2. The Labute approximate surface area is 144 Å². The third-order valence-electron chi connectivity index (χ3n) is 4.18. The lowest BCUT2D eigenvalue weighted by molar-refractivity contribution is -0.0549. The summed E-state index contributed by atoms with van der Waals surface area (Å²) in [5.41, 5.74) is 0.564. The van der Waals surface area contributed by atoms with Crippen LogP contribution in [0.25, 0.3) is 0 Å². The van der Waals surface area contributed by atoms with Gasteiger partial charge in [0.15, 0.2) is 6.23 Å². The van der Waals surface area contributed by atoms with E-state index >= 15 is 0 Å². The summed E-state index contributed by atoms with van der Waals surface area (Å²) >= 11 is 0. The molecule has 1 aliphatic rings. The molecule has 4 N–H and O–H groups in total. The standard InChI is InChI=1S/C17H21N3O5/c21-10-12-14(22)15(23)16(25-12)20-9-7-13(19-17(20)24)18-8-6-11-4-2-1-3-5-11/h1-5,7,9,12,14-16,21-23H,6,8,10H2,(H,18,19,24)/t12-,14-,15+,16-/m0/s1. The normalized spacial score (nSPS) is 25.9. The summed E-state index contributed by atoms with van der Waals surface area (Å²) in [6.07, 6.45) is -2.35. The molecule has 8 heteroatoms. The quantitative estimate of drug-likeness (QED) is 0.557. The largest absolute Gasteiger partial charge is 0.394 e. The second-order valence-electron chi connectivity index (χ2n) is 5.89. The summed E-state index contributed by atoms with van der Waals surface area (Å²) in [5, 5.41) is 31.9. The minimum atomic E-state index is -1.31. The molecule has 134 valence electrons. The highest BCUT2D eigenvalue weighted by atomic mass is 16.6. The Kier molecular flexibility index (Phi) is 5.44. The highest BCUT2D eigenvalue weighted by Crippen LogP contribution is 2.28. The zero-order valence-corrected chi connectivity index (χ0v) is 13.5. The van der Waals surface area contributed by atoms with Crippen molar-refractivity contribution in [3.05, 3.63) is 58.6 Å². The average molecular weight is 347 g/mol. The van der Waals surface area contributed by atoms with Gasteiger partial charge in [0.2, 0.25) is 0 Å². The van der Waals surface area contributed by atoms with E-state index in [1.807, 2.05) is 30.3 Å². The zero-order chi connectivity index (χ0) is 17.8. The Morgan fingerprint density at radius 2 is 1.92 bits per heavy atom. The summed E-state index contributed by atoms with van der Waals surface area (Å²) in [6.45, 7) is 0.171.